The van der Waals surface area contributed by atoms with E-state index in [9.17, 15) is 5.11 Å². The van der Waals surface area contributed by atoms with Crippen molar-refractivity contribution in [2.24, 2.45) is 0 Å². The first-order chi connectivity index (χ1) is 9.13. The number of nitrogens with one attached hydrogen (secondary N) is 1. The number of phenols is 1. The van der Waals surface area contributed by atoms with Crippen molar-refractivity contribution < 1.29 is 5.11 Å². The summed E-state index contributed by atoms with van der Waals surface area (Å²) in [5, 5.41) is 12.8. The van der Waals surface area contributed by atoms with E-state index in [0.29, 0.717) is 17.8 Å². The number of imidazole rings is 1. The third-order valence-electron chi connectivity index (χ3n) is 3.09. The second-order valence-electron chi connectivity index (χ2n) is 5.10. The highest BCUT2D eigenvalue weighted by Crippen LogP contribution is 2.11. The molecule has 2 aromatic rings. The highest BCUT2D eigenvalue weighted by Gasteiger charge is 2.08. The summed E-state index contributed by atoms with van der Waals surface area (Å²) in [6.07, 6.45) is 6.56. The van der Waals surface area contributed by atoms with Gasteiger partial charge in [-0.25, -0.2) is 4.98 Å². The molecule has 0 radical (unpaired) electrons. The van der Waals surface area contributed by atoms with Gasteiger partial charge in [0.15, 0.2) is 0 Å². The number of phenolic OH excluding ortho intramolecular Hbond substituents is 1. The van der Waals surface area contributed by atoms with Gasteiger partial charge in [-0.1, -0.05) is 12.1 Å². The zero-order valence-electron chi connectivity index (χ0n) is 11.5. The van der Waals surface area contributed by atoms with Gasteiger partial charge in [-0.15, -0.1) is 0 Å². The van der Waals surface area contributed by atoms with Crippen molar-refractivity contribution in [1.29, 1.82) is 0 Å². The van der Waals surface area contributed by atoms with E-state index < -0.39 is 0 Å². The minimum atomic E-state index is 0.317. The number of hydrogen-bond acceptors (Lipinski definition) is 3. The fourth-order valence-electron chi connectivity index (χ4n) is 2.29. The molecule has 0 saturated heterocycles. The minimum absolute atomic E-state index is 0.317. The molecule has 0 amide bonds. The van der Waals surface area contributed by atoms with Gasteiger partial charge in [0.05, 0.1) is 6.33 Å². The van der Waals surface area contributed by atoms with E-state index in [1.165, 1.54) is 5.56 Å². The van der Waals surface area contributed by atoms with Crippen LogP contribution in [0.3, 0.4) is 0 Å². The molecule has 19 heavy (non-hydrogen) atoms. The van der Waals surface area contributed by atoms with Gasteiger partial charge in [-0.2, -0.15) is 0 Å². The standard InChI is InChI=1S/C15H21N3O/c1-12(9-14-3-5-15(19)6-4-14)17-13(2)10-18-8-7-16-11-18/h3-8,11-13,17,19H,9-10H2,1-2H3. The maximum atomic E-state index is 9.26. The van der Waals surface area contributed by atoms with Crippen LogP contribution < -0.4 is 5.32 Å². The van der Waals surface area contributed by atoms with Gasteiger partial charge >= 0.3 is 0 Å². The van der Waals surface area contributed by atoms with Crippen LogP contribution in [0, 0.1) is 0 Å². The third kappa shape index (κ3) is 4.41. The van der Waals surface area contributed by atoms with Crippen molar-refractivity contribution in [2.75, 3.05) is 0 Å². The monoisotopic (exact) mass is 259 g/mol. The summed E-state index contributed by atoms with van der Waals surface area (Å²) in [5.74, 6) is 0.317. The lowest BCUT2D eigenvalue weighted by molar-refractivity contribution is 0.420. The zero-order valence-corrected chi connectivity index (χ0v) is 11.5. The first kappa shape index (κ1) is 13.6. The van der Waals surface area contributed by atoms with E-state index in [1.807, 2.05) is 24.7 Å². The summed E-state index contributed by atoms with van der Waals surface area (Å²) in [4.78, 5) is 4.04. The smallest absolute Gasteiger partial charge is 0.115 e. The van der Waals surface area contributed by atoms with Crippen molar-refractivity contribution in [3.8, 4) is 5.75 Å². The predicted octanol–water partition coefficient (Wildman–Crippen LogP) is 2.20. The Morgan fingerprint density at radius 2 is 1.95 bits per heavy atom. The normalized spacial score (nSPS) is 14.2. The van der Waals surface area contributed by atoms with E-state index in [2.05, 4.69) is 28.7 Å². The van der Waals surface area contributed by atoms with Crippen molar-refractivity contribution >= 4 is 0 Å². The van der Waals surface area contributed by atoms with Crippen LogP contribution in [0.4, 0.5) is 0 Å². The molecule has 4 nitrogen and oxygen atoms in total. The summed E-state index contributed by atoms with van der Waals surface area (Å²) >= 11 is 0. The fraction of sp³-hybridized carbons (Fsp3) is 0.400. The number of nitrogens with zero attached hydrogens (tertiary/aromatic N) is 2. The molecule has 0 spiro atoms. The predicted molar refractivity (Wildman–Crippen MR) is 76.1 cm³/mol. The molecule has 0 bridgehead atoms. The quantitative estimate of drug-likeness (QED) is 0.836. The Balaban J connectivity index is 1.80. The maximum absolute atomic E-state index is 9.26. The average Bonchev–Trinajstić information content (AvgIpc) is 2.84. The van der Waals surface area contributed by atoms with Gasteiger partial charge < -0.3 is 15.0 Å². The molecule has 2 N–H and O–H groups in total. The summed E-state index contributed by atoms with van der Waals surface area (Å²) in [6.45, 7) is 5.27. The van der Waals surface area contributed by atoms with Crippen LogP contribution in [0.2, 0.25) is 0 Å². The molecule has 2 rings (SSSR count). The van der Waals surface area contributed by atoms with Crippen molar-refractivity contribution in [3.05, 3.63) is 48.5 Å². The largest absolute Gasteiger partial charge is 0.508 e. The van der Waals surface area contributed by atoms with Crippen LogP contribution >= 0.6 is 0 Å². The van der Waals surface area contributed by atoms with Gasteiger partial charge in [-0.3, -0.25) is 0 Å². The van der Waals surface area contributed by atoms with E-state index in [1.54, 1.807) is 18.3 Å². The van der Waals surface area contributed by atoms with Crippen LogP contribution in [-0.2, 0) is 13.0 Å². The number of aromatic hydroxyl groups is 1. The highest BCUT2D eigenvalue weighted by atomic mass is 16.3. The topological polar surface area (TPSA) is 50.1 Å². The zero-order chi connectivity index (χ0) is 13.7. The molecular weight excluding hydrogens is 238 g/mol. The number of benzene rings is 1. The Morgan fingerprint density at radius 3 is 2.58 bits per heavy atom. The summed E-state index contributed by atoms with van der Waals surface area (Å²) in [5.41, 5.74) is 1.23. The lowest BCUT2D eigenvalue weighted by Gasteiger charge is -2.20. The summed E-state index contributed by atoms with van der Waals surface area (Å²) in [7, 11) is 0. The maximum Gasteiger partial charge on any atom is 0.115 e. The summed E-state index contributed by atoms with van der Waals surface area (Å²) in [6, 6.07) is 8.18. The highest BCUT2D eigenvalue weighted by molar-refractivity contribution is 5.26. The second-order valence-corrected chi connectivity index (χ2v) is 5.10. The third-order valence-corrected chi connectivity index (χ3v) is 3.09. The van der Waals surface area contributed by atoms with Gasteiger partial charge in [0, 0.05) is 31.0 Å². The van der Waals surface area contributed by atoms with Crippen LogP contribution in [0.15, 0.2) is 43.0 Å². The Morgan fingerprint density at radius 1 is 1.21 bits per heavy atom. The van der Waals surface area contributed by atoms with Crippen LogP contribution in [0.5, 0.6) is 5.75 Å². The average molecular weight is 259 g/mol. The van der Waals surface area contributed by atoms with Gasteiger partial charge in [0.25, 0.3) is 0 Å². The van der Waals surface area contributed by atoms with Gasteiger partial charge in [0.2, 0.25) is 0 Å². The molecule has 0 aliphatic heterocycles. The molecule has 1 aromatic carbocycles. The first-order valence-electron chi connectivity index (χ1n) is 6.63. The molecule has 0 aliphatic carbocycles. The fourth-order valence-corrected chi connectivity index (χ4v) is 2.29. The molecule has 1 aromatic heterocycles. The van der Waals surface area contributed by atoms with E-state index in [-0.39, 0.29) is 0 Å². The molecule has 0 fully saturated rings. The van der Waals surface area contributed by atoms with E-state index in [4.69, 9.17) is 0 Å². The molecule has 4 heteroatoms. The Labute approximate surface area is 114 Å². The van der Waals surface area contributed by atoms with Crippen LogP contribution in [0.1, 0.15) is 19.4 Å². The van der Waals surface area contributed by atoms with Crippen molar-refractivity contribution in [2.45, 2.75) is 38.9 Å². The number of rotatable bonds is 6. The molecule has 1 heterocycles. The SMILES string of the molecule is CC(Cc1ccc(O)cc1)NC(C)Cn1ccnc1. The van der Waals surface area contributed by atoms with E-state index in [0.717, 1.165) is 13.0 Å². The van der Waals surface area contributed by atoms with Crippen LogP contribution in [-0.4, -0.2) is 26.7 Å². The Kier molecular flexibility index (Phi) is 4.58. The van der Waals surface area contributed by atoms with Crippen molar-refractivity contribution in [3.63, 3.8) is 0 Å². The second kappa shape index (κ2) is 6.38. The lowest BCUT2D eigenvalue weighted by atomic mass is 10.1. The number of hydrogen-bond donors (Lipinski definition) is 2. The molecular formula is C15H21N3O. The van der Waals surface area contributed by atoms with Gasteiger partial charge in [0.1, 0.15) is 5.75 Å². The first-order valence-corrected chi connectivity index (χ1v) is 6.63. The molecule has 102 valence electrons. The van der Waals surface area contributed by atoms with Crippen molar-refractivity contribution in [1.82, 2.24) is 14.9 Å². The Bertz CT molecular complexity index is 479. The molecule has 2 unspecified atom stereocenters. The van der Waals surface area contributed by atoms with Gasteiger partial charge in [-0.05, 0) is 38.0 Å². The lowest BCUT2D eigenvalue weighted by Crippen LogP contribution is -2.38. The summed E-state index contributed by atoms with van der Waals surface area (Å²) < 4.78 is 2.07. The molecule has 0 saturated carbocycles. The molecule has 0 aliphatic rings. The number of aromatic nitrogens is 2. The Hall–Kier alpha value is -1.81. The minimum Gasteiger partial charge on any atom is -0.508 e. The van der Waals surface area contributed by atoms with E-state index >= 15 is 0 Å². The van der Waals surface area contributed by atoms with Crippen LogP contribution in [0.25, 0.3) is 0 Å². The molecule has 2 atom stereocenters.